The first-order chi connectivity index (χ1) is 9.51. The molecule has 104 valence electrons. The lowest BCUT2D eigenvalue weighted by Crippen LogP contribution is -2.12. The van der Waals surface area contributed by atoms with Crippen molar-refractivity contribution in [2.24, 2.45) is 0 Å². The van der Waals surface area contributed by atoms with E-state index in [1.807, 2.05) is 0 Å². The van der Waals surface area contributed by atoms with Gasteiger partial charge in [-0.25, -0.2) is 0 Å². The first-order valence-corrected chi connectivity index (χ1v) is 6.47. The highest BCUT2D eigenvalue weighted by Gasteiger charge is 2.11. The number of nitrogens with one attached hydrogen (secondary N) is 1. The lowest BCUT2D eigenvalue weighted by molar-refractivity contribution is 0.102. The average molecular weight is 311 g/mol. The summed E-state index contributed by atoms with van der Waals surface area (Å²) in [4.78, 5) is 12.1. The largest absolute Gasteiger partial charge is 0.495 e. The molecule has 0 aliphatic heterocycles. The number of benzene rings is 2. The molecule has 0 atom stereocenters. The van der Waals surface area contributed by atoms with Crippen molar-refractivity contribution in [3.05, 3.63) is 52.0 Å². The molecule has 0 spiro atoms. The normalized spacial score (nSPS) is 10.2. The maximum absolute atomic E-state index is 12.1. The van der Waals surface area contributed by atoms with Gasteiger partial charge in [0.15, 0.2) is 0 Å². The van der Waals surface area contributed by atoms with Gasteiger partial charge in [0.05, 0.1) is 22.8 Å². The molecule has 3 N–H and O–H groups in total. The Hall–Kier alpha value is -1.91. The van der Waals surface area contributed by atoms with Crippen LogP contribution in [0.3, 0.4) is 0 Å². The minimum Gasteiger partial charge on any atom is -0.495 e. The van der Waals surface area contributed by atoms with E-state index in [2.05, 4.69) is 5.32 Å². The topological polar surface area (TPSA) is 64.3 Å². The van der Waals surface area contributed by atoms with Crippen LogP contribution >= 0.6 is 23.2 Å². The molecule has 0 radical (unpaired) electrons. The molecule has 0 fully saturated rings. The number of methoxy groups -OCH3 is 1. The molecule has 0 aromatic heterocycles. The first-order valence-electron chi connectivity index (χ1n) is 5.71. The van der Waals surface area contributed by atoms with E-state index in [-0.39, 0.29) is 5.91 Å². The number of rotatable bonds is 3. The molecule has 0 saturated carbocycles. The Balaban J connectivity index is 2.21. The van der Waals surface area contributed by atoms with E-state index in [1.54, 1.807) is 30.3 Å². The van der Waals surface area contributed by atoms with Gasteiger partial charge >= 0.3 is 0 Å². The van der Waals surface area contributed by atoms with Crippen LogP contribution < -0.4 is 15.8 Å². The summed E-state index contributed by atoms with van der Waals surface area (Å²) in [7, 11) is 1.51. The Bertz CT molecular complexity index is 660. The van der Waals surface area contributed by atoms with E-state index < -0.39 is 0 Å². The fourth-order valence-corrected chi connectivity index (χ4v) is 2.13. The highest BCUT2D eigenvalue weighted by molar-refractivity contribution is 6.34. The van der Waals surface area contributed by atoms with Gasteiger partial charge in [0.25, 0.3) is 5.91 Å². The summed E-state index contributed by atoms with van der Waals surface area (Å²) in [6.07, 6.45) is 0. The minimum atomic E-state index is -0.318. The van der Waals surface area contributed by atoms with E-state index in [0.717, 1.165) is 0 Å². The number of anilines is 2. The molecule has 2 rings (SSSR count). The third-order valence-electron chi connectivity index (χ3n) is 2.66. The Morgan fingerprint density at radius 2 is 1.90 bits per heavy atom. The molecular formula is C14H12Cl2N2O2. The number of carbonyl (C=O) groups is 1. The van der Waals surface area contributed by atoms with Gasteiger partial charge in [0.2, 0.25) is 0 Å². The molecule has 0 aliphatic carbocycles. The van der Waals surface area contributed by atoms with Crippen LogP contribution in [0.25, 0.3) is 0 Å². The molecular weight excluding hydrogens is 299 g/mol. The van der Waals surface area contributed by atoms with E-state index in [1.165, 1.54) is 13.2 Å². The smallest absolute Gasteiger partial charge is 0.255 e. The van der Waals surface area contributed by atoms with Crippen molar-refractivity contribution < 1.29 is 9.53 Å². The second kappa shape index (κ2) is 6.03. The maximum atomic E-state index is 12.1. The number of amides is 1. The molecule has 1 amide bonds. The number of halogens is 2. The van der Waals surface area contributed by atoms with Gasteiger partial charge < -0.3 is 15.8 Å². The minimum absolute atomic E-state index is 0.318. The number of ether oxygens (including phenoxy) is 1. The Morgan fingerprint density at radius 1 is 1.15 bits per heavy atom. The second-order valence-electron chi connectivity index (χ2n) is 4.04. The van der Waals surface area contributed by atoms with Crippen LogP contribution in [0.4, 0.5) is 11.4 Å². The van der Waals surface area contributed by atoms with Crippen molar-refractivity contribution in [3.63, 3.8) is 0 Å². The number of hydrogen-bond donors (Lipinski definition) is 2. The predicted molar refractivity (Wildman–Crippen MR) is 81.8 cm³/mol. The van der Waals surface area contributed by atoms with Gasteiger partial charge in [-0.1, -0.05) is 23.2 Å². The van der Waals surface area contributed by atoms with Gasteiger partial charge in [-0.3, -0.25) is 4.79 Å². The molecule has 6 heteroatoms. The molecule has 0 bridgehead atoms. The number of carbonyl (C=O) groups excluding carboxylic acids is 1. The standard InChI is InChI=1S/C14H12Cl2N2O2/c1-20-13-5-2-8(6-11(13)16)14(19)18-12-4-3-9(17)7-10(12)15/h2-7H,17H2,1H3,(H,18,19). The maximum Gasteiger partial charge on any atom is 0.255 e. The Morgan fingerprint density at radius 3 is 2.50 bits per heavy atom. The van der Waals surface area contributed by atoms with Crippen molar-refractivity contribution in [1.29, 1.82) is 0 Å². The van der Waals surface area contributed by atoms with Crippen LogP contribution in [0.5, 0.6) is 5.75 Å². The molecule has 2 aromatic carbocycles. The molecule has 0 aliphatic rings. The van der Waals surface area contributed by atoms with Crippen LogP contribution in [-0.2, 0) is 0 Å². The number of nitrogens with two attached hydrogens (primary N) is 1. The van der Waals surface area contributed by atoms with Gasteiger partial charge in [-0.2, -0.15) is 0 Å². The van der Waals surface area contributed by atoms with E-state index in [4.69, 9.17) is 33.7 Å². The van der Waals surface area contributed by atoms with Gasteiger partial charge in [0.1, 0.15) is 5.75 Å². The van der Waals surface area contributed by atoms with Crippen molar-refractivity contribution >= 4 is 40.5 Å². The Kier molecular flexibility index (Phi) is 4.37. The zero-order valence-corrected chi connectivity index (χ0v) is 12.1. The summed E-state index contributed by atoms with van der Waals surface area (Å²) >= 11 is 12.0. The quantitative estimate of drug-likeness (QED) is 0.847. The highest BCUT2D eigenvalue weighted by Crippen LogP contribution is 2.27. The molecule has 20 heavy (non-hydrogen) atoms. The van der Waals surface area contributed by atoms with Crippen molar-refractivity contribution in [2.75, 3.05) is 18.2 Å². The van der Waals surface area contributed by atoms with E-state index in [0.29, 0.717) is 32.7 Å². The summed E-state index contributed by atoms with van der Waals surface area (Å²) in [5.74, 6) is 0.190. The zero-order valence-electron chi connectivity index (χ0n) is 10.6. The Labute approximate surface area is 126 Å². The molecule has 0 unspecified atom stereocenters. The summed E-state index contributed by atoms with van der Waals surface area (Å²) < 4.78 is 5.03. The van der Waals surface area contributed by atoms with Gasteiger partial charge in [-0.15, -0.1) is 0 Å². The lowest BCUT2D eigenvalue weighted by atomic mass is 10.2. The molecule has 4 nitrogen and oxygen atoms in total. The first kappa shape index (κ1) is 14.5. The SMILES string of the molecule is COc1ccc(C(=O)Nc2ccc(N)cc2Cl)cc1Cl. The monoisotopic (exact) mass is 310 g/mol. The van der Waals surface area contributed by atoms with Crippen LogP contribution in [-0.4, -0.2) is 13.0 Å². The summed E-state index contributed by atoms with van der Waals surface area (Å²) in [5, 5.41) is 3.43. The van der Waals surface area contributed by atoms with E-state index >= 15 is 0 Å². The summed E-state index contributed by atoms with van der Waals surface area (Å²) in [6, 6.07) is 9.63. The van der Waals surface area contributed by atoms with Gasteiger partial charge in [0, 0.05) is 11.3 Å². The molecule has 0 heterocycles. The zero-order chi connectivity index (χ0) is 14.7. The van der Waals surface area contributed by atoms with Crippen LogP contribution in [0.2, 0.25) is 10.0 Å². The lowest BCUT2D eigenvalue weighted by Gasteiger charge is -2.09. The van der Waals surface area contributed by atoms with Crippen molar-refractivity contribution in [2.45, 2.75) is 0 Å². The van der Waals surface area contributed by atoms with Gasteiger partial charge in [-0.05, 0) is 36.4 Å². The third kappa shape index (κ3) is 3.15. The fourth-order valence-electron chi connectivity index (χ4n) is 1.63. The highest BCUT2D eigenvalue weighted by atomic mass is 35.5. The number of hydrogen-bond acceptors (Lipinski definition) is 3. The predicted octanol–water partition coefficient (Wildman–Crippen LogP) is 3.84. The average Bonchev–Trinajstić information content (AvgIpc) is 2.41. The summed E-state index contributed by atoms with van der Waals surface area (Å²) in [5.41, 5.74) is 7.01. The third-order valence-corrected chi connectivity index (χ3v) is 3.26. The van der Waals surface area contributed by atoms with Crippen LogP contribution in [0, 0.1) is 0 Å². The molecule has 2 aromatic rings. The fraction of sp³-hybridized carbons (Fsp3) is 0.0714. The number of nitrogen functional groups attached to an aromatic ring is 1. The van der Waals surface area contributed by atoms with Crippen molar-refractivity contribution in [3.8, 4) is 5.75 Å². The van der Waals surface area contributed by atoms with E-state index in [9.17, 15) is 4.79 Å². The van der Waals surface area contributed by atoms with Crippen LogP contribution in [0.15, 0.2) is 36.4 Å². The molecule has 0 saturated heterocycles. The summed E-state index contributed by atoms with van der Waals surface area (Å²) in [6.45, 7) is 0. The second-order valence-corrected chi connectivity index (χ2v) is 4.86. The van der Waals surface area contributed by atoms with Crippen LogP contribution in [0.1, 0.15) is 10.4 Å². The van der Waals surface area contributed by atoms with Crippen molar-refractivity contribution in [1.82, 2.24) is 0 Å².